The molecule has 3 rings (SSSR count). The zero-order valence-corrected chi connectivity index (χ0v) is 11.9. The quantitative estimate of drug-likeness (QED) is 0.533. The number of aryl methyl sites for hydroxylation is 1. The Morgan fingerprint density at radius 1 is 1.11 bits per heavy atom. The lowest BCUT2D eigenvalue weighted by atomic mass is 10.1. The molecule has 0 aliphatic heterocycles. The molecule has 1 unspecified atom stereocenters. The Kier molecular flexibility index (Phi) is 3.29. The predicted octanol–water partition coefficient (Wildman–Crippen LogP) is 5.68. The van der Waals surface area contributed by atoms with Crippen LogP contribution in [-0.2, 0) is 0 Å². The van der Waals surface area contributed by atoms with Crippen LogP contribution in [0.1, 0.15) is 21.4 Å². The van der Waals surface area contributed by atoms with E-state index in [-0.39, 0.29) is 11.2 Å². The molecular weight excluding hydrogens is 279 g/mol. The van der Waals surface area contributed by atoms with Crippen LogP contribution >= 0.6 is 22.9 Å². The Balaban J connectivity index is 2.02. The monoisotopic (exact) mass is 290 g/mol. The van der Waals surface area contributed by atoms with Crippen LogP contribution in [0.5, 0.6) is 0 Å². The molecule has 0 amide bonds. The van der Waals surface area contributed by atoms with Crippen molar-refractivity contribution in [3.63, 3.8) is 0 Å². The van der Waals surface area contributed by atoms with Crippen molar-refractivity contribution in [1.29, 1.82) is 0 Å². The van der Waals surface area contributed by atoms with Crippen LogP contribution in [0.15, 0.2) is 48.5 Å². The first-order valence-corrected chi connectivity index (χ1v) is 7.29. The van der Waals surface area contributed by atoms with Crippen LogP contribution in [0.4, 0.5) is 4.39 Å². The van der Waals surface area contributed by atoms with E-state index in [1.807, 2.05) is 18.2 Å². The summed E-state index contributed by atoms with van der Waals surface area (Å²) < 4.78 is 14.5. The Morgan fingerprint density at radius 2 is 1.89 bits per heavy atom. The maximum atomic E-state index is 13.3. The lowest BCUT2D eigenvalue weighted by molar-refractivity contribution is 0.617. The van der Waals surface area contributed by atoms with Gasteiger partial charge in [-0.1, -0.05) is 30.3 Å². The molecule has 19 heavy (non-hydrogen) atoms. The molecule has 2 aromatic carbocycles. The SMILES string of the molecule is Cc1cc(C(Cl)c2cc3ccccc3s2)ccc1F. The normalized spacial score (nSPS) is 12.8. The van der Waals surface area contributed by atoms with E-state index < -0.39 is 0 Å². The topological polar surface area (TPSA) is 0 Å². The van der Waals surface area contributed by atoms with Gasteiger partial charge < -0.3 is 0 Å². The molecule has 0 saturated heterocycles. The maximum Gasteiger partial charge on any atom is 0.126 e. The minimum atomic E-state index is -0.225. The van der Waals surface area contributed by atoms with Gasteiger partial charge >= 0.3 is 0 Å². The molecule has 0 N–H and O–H groups in total. The molecule has 0 bridgehead atoms. The Hall–Kier alpha value is -1.38. The van der Waals surface area contributed by atoms with E-state index in [0.29, 0.717) is 5.56 Å². The van der Waals surface area contributed by atoms with Gasteiger partial charge in [-0.15, -0.1) is 22.9 Å². The van der Waals surface area contributed by atoms with E-state index in [2.05, 4.69) is 18.2 Å². The van der Waals surface area contributed by atoms with E-state index in [1.165, 1.54) is 16.2 Å². The average Bonchev–Trinajstić information content (AvgIpc) is 2.85. The molecule has 0 nitrogen and oxygen atoms in total. The summed E-state index contributed by atoms with van der Waals surface area (Å²) in [4.78, 5) is 1.09. The third-order valence-electron chi connectivity index (χ3n) is 3.17. The van der Waals surface area contributed by atoms with Gasteiger partial charge in [0.15, 0.2) is 0 Å². The first kappa shape index (κ1) is 12.6. The first-order valence-electron chi connectivity index (χ1n) is 6.04. The summed E-state index contributed by atoms with van der Waals surface area (Å²) in [6, 6.07) is 15.4. The van der Waals surface area contributed by atoms with Crippen LogP contribution < -0.4 is 0 Å². The number of halogens is 2. The molecule has 1 heterocycles. The number of alkyl halides is 1. The number of rotatable bonds is 2. The fourth-order valence-electron chi connectivity index (χ4n) is 2.12. The van der Waals surface area contributed by atoms with Crippen molar-refractivity contribution in [3.05, 3.63) is 70.4 Å². The largest absolute Gasteiger partial charge is 0.207 e. The Morgan fingerprint density at radius 3 is 2.63 bits per heavy atom. The standard InChI is InChI=1S/C16H12ClFS/c1-10-8-12(6-7-13(10)18)16(17)15-9-11-4-2-3-5-14(11)19-15/h2-9,16H,1H3. The summed E-state index contributed by atoms with van der Waals surface area (Å²) in [5.41, 5.74) is 1.57. The van der Waals surface area contributed by atoms with Gasteiger partial charge in [-0.25, -0.2) is 4.39 Å². The summed E-state index contributed by atoms with van der Waals surface area (Å²) in [6.45, 7) is 1.76. The number of hydrogen-bond donors (Lipinski definition) is 0. The van der Waals surface area contributed by atoms with E-state index >= 15 is 0 Å². The zero-order valence-electron chi connectivity index (χ0n) is 10.4. The molecular formula is C16H12ClFS. The molecule has 0 radical (unpaired) electrons. The number of fused-ring (bicyclic) bond motifs is 1. The van der Waals surface area contributed by atoms with Crippen molar-refractivity contribution < 1.29 is 4.39 Å². The Bertz CT molecular complexity index is 699. The second-order valence-electron chi connectivity index (χ2n) is 4.56. The lowest BCUT2D eigenvalue weighted by Crippen LogP contribution is -1.92. The van der Waals surface area contributed by atoms with Gasteiger partial charge in [0.1, 0.15) is 5.82 Å². The van der Waals surface area contributed by atoms with Gasteiger partial charge in [0.25, 0.3) is 0 Å². The van der Waals surface area contributed by atoms with Gasteiger partial charge in [0.05, 0.1) is 5.38 Å². The molecule has 3 aromatic rings. The highest BCUT2D eigenvalue weighted by atomic mass is 35.5. The van der Waals surface area contributed by atoms with Gasteiger partial charge in [0.2, 0.25) is 0 Å². The molecule has 3 heteroatoms. The highest BCUT2D eigenvalue weighted by Crippen LogP contribution is 2.37. The summed E-state index contributed by atoms with van der Waals surface area (Å²) >= 11 is 8.20. The van der Waals surface area contributed by atoms with Crippen LogP contribution in [0.2, 0.25) is 0 Å². The van der Waals surface area contributed by atoms with E-state index in [4.69, 9.17) is 11.6 Å². The van der Waals surface area contributed by atoms with Crippen LogP contribution in [0.3, 0.4) is 0 Å². The third-order valence-corrected chi connectivity index (χ3v) is 4.97. The number of thiophene rings is 1. The number of hydrogen-bond acceptors (Lipinski definition) is 1. The summed E-state index contributed by atoms with van der Waals surface area (Å²) in [5, 5.41) is 0.976. The maximum absolute atomic E-state index is 13.3. The highest BCUT2D eigenvalue weighted by Gasteiger charge is 2.14. The molecule has 96 valence electrons. The molecule has 0 aliphatic carbocycles. The minimum Gasteiger partial charge on any atom is -0.207 e. The summed E-state index contributed by atoms with van der Waals surface area (Å²) in [5.74, 6) is -0.191. The second kappa shape index (κ2) is 4.95. The zero-order chi connectivity index (χ0) is 13.4. The van der Waals surface area contributed by atoms with Gasteiger partial charge in [-0.05, 0) is 41.6 Å². The highest BCUT2D eigenvalue weighted by molar-refractivity contribution is 7.19. The van der Waals surface area contributed by atoms with Gasteiger partial charge in [0, 0.05) is 9.58 Å². The third kappa shape index (κ3) is 2.38. The average molecular weight is 291 g/mol. The van der Waals surface area contributed by atoms with Crippen LogP contribution in [0, 0.1) is 12.7 Å². The smallest absolute Gasteiger partial charge is 0.126 e. The first-order chi connectivity index (χ1) is 9.15. The van der Waals surface area contributed by atoms with Crippen molar-refractivity contribution in [2.24, 2.45) is 0 Å². The fourth-order valence-corrected chi connectivity index (χ4v) is 3.52. The molecule has 0 fully saturated rings. The molecule has 0 spiro atoms. The van der Waals surface area contributed by atoms with Crippen molar-refractivity contribution in [1.82, 2.24) is 0 Å². The minimum absolute atomic E-state index is 0.191. The molecule has 1 atom stereocenters. The molecule has 0 aliphatic rings. The Labute approximate surface area is 120 Å². The van der Waals surface area contributed by atoms with Crippen molar-refractivity contribution in [3.8, 4) is 0 Å². The summed E-state index contributed by atoms with van der Waals surface area (Å²) in [6.07, 6.45) is 0. The second-order valence-corrected chi connectivity index (χ2v) is 6.11. The lowest BCUT2D eigenvalue weighted by Gasteiger charge is -2.08. The van der Waals surface area contributed by atoms with Crippen molar-refractivity contribution in [2.75, 3.05) is 0 Å². The van der Waals surface area contributed by atoms with Crippen molar-refractivity contribution in [2.45, 2.75) is 12.3 Å². The van der Waals surface area contributed by atoms with E-state index in [0.717, 1.165) is 10.4 Å². The number of benzene rings is 2. The van der Waals surface area contributed by atoms with Crippen molar-refractivity contribution >= 4 is 33.0 Å². The van der Waals surface area contributed by atoms with E-state index in [9.17, 15) is 4.39 Å². The molecule has 1 aromatic heterocycles. The fraction of sp³-hybridized carbons (Fsp3) is 0.125. The van der Waals surface area contributed by atoms with Gasteiger partial charge in [-0.3, -0.25) is 0 Å². The van der Waals surface area contributed by atoms with Gasteiger partial charge in [-0.2, -0.15) is 0 Å². The predicted molar refractivity (Wildman–Crippen MR) is 80.7 cm³/mol. The molecule has 0 saturated carbocycles. The van der Waals surface area contributed by atoms with E-state index in [1.54, 1.807) is 24.3 Å². The summed E-state index contributed by atoms with van der Waals surface area (Å²) in [7, 11) is 0. The van der Waals surface area contributed by atoms with Crippen LogP contribution in [-0.4, -0.2) is 0 Å². The van der Waals surface area contributed by atoms with Crippen LogP contribution in [0.25, 0.3) is 10.1 Å².